The van der Waals surface area contributed by atoms with Crippen LogP contribution in [0.5, 0.6) is 0 Å². The number of nitrogens with zero attached hydrogens (tertiary/aromatic N) is 2. The molecule has 34 heavy (non-hydrogen) atoms. The summed E-state index contributed by atoms with van der Waals surface area (Å²) in [6.45, 7) is 2.41. The minimum atomic E-state index is -1.86. The maximum atomic E-state index is 13.8. The highest BCUT2D eigenvalue weighted by atomic mass is 16.6. The molecule has 0 aromatic rings. The molecule has 2 aliphatic carbocycles. The molecule has 0 aromatic carbocycles. The maximum Gasteiger partial charge on any atom is 0.302 e. The van der Waals surface area contributed by atoms with E-state index in [0.29, 0.717) is 0 Å². The van der Waals surface area contributed by atoms with Gasteiger partial charge in [-0.05, 0) is 25.7 Å². The van der Waals surface area contributed by atoms with Crippen LogP contribution < -0.4 is 0 Å². The highest BCUT2D eigenvalue weighted by Crippen LogP contribution is 2.52. The van der Waals surface area contributed by atoms with Crippen molar-refractivity contribution in [1.82, 2.24) is 9.80 Å². The molecule has 12 nitrogen and oxygen atoms in total. The van der Waals surface area contributed by atoms with Crippen molar-refractivity contribution in [2.45, 2.75) is 112 Å². The van der Waals surface area contributed by atoms with Gasteiger partial charge >= 0.3 is 11.9 Å². The summed E-state index contributed by atoms with van der Waals surface area (Å²) >= 11 is 0. The van der Waals surface area contributed by atoms with Gasteiger partial charge in [-0.3, -0.25) is 19.2 Å². The molecule has 5 fully saturated rings. The van der Waals surface area contributed by atoms with E-state index in [1.807, 2.05) is 0 Å². The van der Waals surface area contributed by atoms with Gasteiger partial charge in [-0.15, -0.1) is 0 Å². The summed E-state index contributed by atoms with van der Waals surface area (Å²) in [6, 6.07) is -4.58. The average molecular weight is 482 g/mol. The van der Waals surface area contributed by atoms with Crippen molar-refractivity contribution in [2.75, 3.05) is 0 Å². The van der Waals surface area contributed by atoms with Gasteiger partial charge in [-0.1, -0.05) is 0 Å². The topological polar surface area (TPSA) is 174 Å². The maximum absolute atomic E-state index is 13.8. The molecule has 10 atom stereocenters. The van der Waals surface area contributed by atoms with Gasteiger partial charge in [0, 0.05) is 26.7 Å². The number of hydrogen-bond acceptors (Lipinski definition) is 10. The second kappa shape index (κ2) is 7.61. The third kappa shape index (κ3) is 3.05. The SMILES string of the molecule is CC(=O)O[C@H]1CC[C@@H](O)[C@]2(O)C[C@H]3C(=O)N4[C@@H](C[C@@]5(O)[C@H](O)CC[C@H](OC(C)=O)[C@@H]45)C(=O)N3[C@H]12. The van der Waals surface area contributed by atoms with Crippen LogP contribution >= 0.6 is 0 Å². The summed E-state index contributed by atoms with van der Waals surface area (Å²) in [5.41, 5.74) is -3.71. The Morgan fingerprint density at radius 1 is 0.765 bits per heavy atom. The van der Waals surface area contributed by atoms with E-state index in [0.717, 1.165) is 0 Å². The van der Waals surface area contributed by atoms with Crippen LogP contribution in [0.4, 0.5) is 0 Å². The first-order chi connectivity index (χ1) is 15.9. The van der Waals surface area contributed by atoms with E-state index in [1.54, 1.807) is 0 Å². The van der Waals surface area contributed by atoms with Crippen molar-refractivity contribution < 1.29 is 49.1 Å². The van der Waals surface area contributed by atoms with E-state index >= 15 is 0 Å². The zero-order valence-corrected chi connectivity index (χ0v) is 19.0. The molecular weight excluding hydrogens is 452 g/mol. The Kier molecular flexibility index (Phi) is 5.25. The number of rotatable bonds is 2. The minimum absolute atomic E-state index is 0.129. The number of amides is 2. The summed E-state index contributed by atoms with van der Waals surface area (Å²) in [7, 11) is 0. The largest absolute Gasteiger partial charge is 0.460 e. The van der Waals surface area contributed by atoms with Crippen LogP contribution in [0.25, 0.3) is 0 Å². The van der Waals surface area contributed by atoms with Crippen molar-refractivity contribution in [2.24, 2.45) is 0 Å². The monoisotopic (exact) mass is 482 g/mol. The molecule has 3 heterocycles. The molecule has 3 aliphatic heterocycles. The van der Waals surface area contributed by atoms with Gasteiger partial charge < -0.3 is 39.7 Å². The zero-order chi connectivity index (χ0) is 24.7. The summed E-state index contributed by atoms with van der Waals surface area (Å²) in [4.78, 5) is 53.4. The van der Waals surface area contributed by atoms with E-state index in [4.69, 9.17) is 9.47 Å². The first-order valence-corrected chi connectivity index (χ1v) is 11.7. The first-order valence-electron chi connectivity index (χ1n) is 11.7. The highest BCUT2D eigenvalue weighted by Gasteiger charge is 2.72. The summed E-state index contributed by atoms with van der Waals surface area (Å²) in [6.07, 6.45) is -4.16. The number of carbonyl (C=O) groups excluding carboxylic acids is 4. The fourth-order valence-corrected chi connectivity index (χ4v) is 7.07. The van der Waals surface area contributed by atoms with Crippen LogP contribution in [0.1, 0.15) is 52.4 Å². The fraction of sp³-hybridized carbons (Fsp3) is 0.818. The normalized spacial score (nSPS) is 47.5. The van der Waals surface area contributed by atoms with E-state index in [-0.39, 0.29) is 38.5 Å². The van der Waals surface area contributed by atoms with E-state index in [2.05, 4.69) is 0 Å². The van der Waals surface area contributed by atoms with Gasteiger partial charge in [0.05, 0.1) is 12.2 Å². The molecule has 0 bridgehead atoms. The lowest BCUT2D eigenvalue weighted by molar-refractivity contribution is -0.190. The summed E-state index contributed by atoms with van der Waals surface area (Å²) in [5.74, 6) is -2.38. The number of aliphatic hydroxyl groups excluding tert-OH is 2. The molecule has 0 unspecified atom stereocenters. The lowest BCUT2D eigenvalue weighted by Gasteiger charge is -2.49. The number of fused-ring (bicyclic) bond motifs is 6. The third-order valence-corrected chi connectivity index (χ3v) is 8.36. The van der Waals surface area contributed by atoms with Crippen molar-refractivity contribution in [3.63, 3.8) is 0 Å². The number of piperazine rings is 1. The molecule has 12 heteroatoms. The Bertz CT molecular complexity index is 869. The lowest BCUT2D eigenvalue weighted by Crippen LogP contribution is -2.70. The number of aliphatic hydroxyl groups is 4. The molecule has 2 amide bonds. The van der Waals surface area contributed by atoms with Crippen molar-refractivity contribution in [3.8, 4) is 0 Å². The van der Waals surface area contributed by atoms with Gasteiger partial charge in [0.2, 0.25) is 11.8 Å². The second-order valence-corrected chi connectivity index (χ2v) is 10.3. The Labute approximate surface area is 195 Å². The molecule has 5 rings (SSSR count). The van der Waals surface area contributed by atoms with Crippen molar-refractivity contribution >= 4 is 23.8 Å². The van der Waals surface area contributed by atoms with Crippen LogP contribution in [0, 0.1) is 0 Å². The van der Waals surface area contributed by atoms with Crippen LogP contribution in [-0.2, 0) is 28.7 Å². The Balaban J connectivity index is 1.55. The molecule has 0 radical (unpaired) electrons. The third-order valence-electron chi connectivity index (χ3n) is 8.36. The van der Waals surface area contributed by atoms with Crippen LogP contribution in [0.15, 0.2) is 0 Å². The van der Waals surface area contributed by atoms with Crippen LogP contribution in [0.2, 0.25) is 0 Å². The number of ether oxygens (including phenoxy) is 2. The number of hydrogen-bond donors (Lipinski definition) is 4. The summed E-state index contributed by atoms with van der Waals surface area (Å²) in [5, 5.41) is 44.1. The number of carbonyl (C=O) groups is 4. The average Bonchev–Trinajstić information content (AvgIpc) is 3.25. The van der Waals surface area contributed by atoms with Crippen LogP contribution in [-0.4, -0.2) is 114 Å². The standard InChI is InChI=1S/C22H30N2O10/c1-9(25)33-13-3-5-15(27)21(31)7-11-20(30)24-12(19(29)23(11)17(13)21)8-22(32)16(28)6-4-14(18(22)24)34-10(2)26/h11-18,27-28,31-32H,3-8H2,1-2H3/t11-,12-,13-,14-,15+,16+,17+,18+,21+,22+/m0/s1. The van der Waals surface area contributed by atoms with E-state index in [1.165, 1.54) is 23.6 Å². The van der Waals surface area contributed by atoms with Gasteiger partial charge in [-0.25, -0.2) is 0 Å². The molecule has 0 aromatic heterocycles. The molecule has 188 valence electrons. The van der Waals surface area contributed by atoms with Crippen molar-refractivity contribution in [1.29, 1.82) is 0 Å². The second-order valence-electron chi connectivity index (χ2n) is 10.3. The molecule has 5 aliphatic rings. The molecule has 2 saturated carbocycles. The van der Waals surface area contributed by atoms with Gasteiger partial charge in [0.25, 0.3) is 0 Å². The molecular formula is C22H30N2O10. The summed E-state index contributed by atoms with van der Waals surface area (Å²) < 4.78 is 10.8. The lowest BCUT2D eigenvalue weighted by atomic mass is 9.75. The Morgan fingerprint density at radius 2 is 1.12 bits per heavy atom. The first kappa shape index (κ1) is 23.5. The Hall–Kier alpha value is -2.28. The predicted octanol–water partition coefficient (Wildman–Crippen LogP) is -2.43. The van der Waals surface area contributed by atoms with E-state index < -0.39 is 83.5 Å². The smallest absolute Gasteiger partial charge is 0.302 e. The van der Waals surface area contributed by atoms with Gasteiger partial charge in [0.1, 0.15) is 47.6 Å². The molecule has 0 spiro atoms. The van der Waals surface area contributed by atoms with E-state index in [9.17, 15) is 39.6 Å². The van der Waals surface area contributed by atoms with Crippen LogP contribution in [0.3, 0.4) is 0 Å². The van der Waals surface area contributed by atoms with Gasteiger partial charge in [0.15, 0.2) is 0 Å². The quantitative estimate of drug-likeness (QED) is 0.310. The Morgan fingerprint density at radius 3 is 1.44 bits per heavy atom. The predicted molar refractivity (Wildman–Crippen MR) is 110 cm³/mol. The highest BCUT2D eigenvalue weighted by molar-refractivity contribution is 5.99. The van der Waals surface area contributed by atoms with Gasteiger partial charge in [-0.2, -0.15) is 0 Å². The van der Waals surface area contributed by atoms with Crippen molar-refractivity contribution in [3.05, 3.63) is 0 Å². The molecule has 3 saturated heterocycles. The number of esters is 2. The zero-order valence-electron chi connectivity index (χ0n) is 19.0. The molecule has 4 N–H and O–H groups in total. The fourth-order valence-electron chi connectivity index (χ4n) is 7.07. The minimum Gasteiger partial charge on any atom is -0.460 e.